The molecule has 29 heavy (non-hydrogen) atoms. The number of halogens is 1. The van der Waals surface area contributed by atoms with Gasteiger partial charge in [0.1, 0.15) is 4.53 Å². The maximum absolute atomic E-state index is 13.1. The van der Waals surface area contributed by atoms with Crippen LogP contribution in [0.1, 0.15) is 5.56 Å². The fourth-order valence-electron chi connectivity index (χ4n) is 3.35. The van der Waals surface area contributed by atoms with E-state index in [0.29, 0.717) is 22.4 Å². The molecular formula is C20H11BrN4O3S. The molecule has 0 radical (unpaired) electrons. The van der Waals surface area contributed by atoms with E-state index in [1.165, 1.54) is 4.90 Å². The van der Waals surface area contributed by atoms with Gasteiger partial charge in [-0.3, -0.25) is 14.4 Å². The molecule has 5 rings (SSSR count). The van der Waals surface area contributed by atoms with E-state index in [1.54, 1.807) is 37.4 Å². The van der Waals surface area contributed by atoms with Crippen LogP contribution >= 0.6 is 27.3 Å². The van der Waals surface area contributed by atoms with Crippen molar-refractivity contribution in [1.82, 2.24) is 14.6 Å². The minimum atomic E-state index is -0.521. The van der Waals surface area contributed by atoms with Crippen LogP contribution in [0.4, 0.5) is 5.69 Å². The Kier molecular flexibility index (Phi) is 3.97. The Bertz CT molecular complexity index is 1490. The first-order valence-electron chi connectivity index (χ1n) is 8.57. The molecule has 1 amide bonds. The quantitative estimate of drug-likeness (QED) is 0.427. The smallest absolute Gasteiger partial charge is 0.300 e. The molecule has 0 unspecified atom stereocenters. The van der Waals surface area contributed by atoms with Crippen LogP contribution in [-0.2, 0) is 4.79 Å². The average molecular weight is 467 g/mol. The summed E-state index contributed by atoms with van der Waals surface area (Å²) in [6, 6.07) is 14.3. The SMILES string of the molecule is CN1C(=O)/C(=c2\sc3nc(=O)c(-c4ccccc4)nn3c2=O)c2cc(Br)ccc21. The normalized spacial score (nSPS) is 15.2. The van der Waals surface area contributed by atoms with Crippen molar-refractivity contribution in [3.05, 3.63) is 83.8 Å². The monoisotopic (exact) mass is 466 g/mol. The second-order valence-electron chi connectivity index (χ2n) is 6.46. The first-order valence-corrected chi connectivity index (χ1v) is 10.2. The molecule has 1 aliphatic heterocycles. The average Bonchev–Trinajstić information content (AvgIpc) is 3.15. The predicted octanol–water partition coefficient (Wildman–Crippen LogP) is 1.83. The molecule has 1 aliphatic rings. The molecule has 0 saturated heterocycles. The van der Waals surface area contributed by atoms with Crippen molar-refractivity contribution in [3.8, 4) is 11.3 Å². The van der Waals surface area contributed by atoms with E-state index in [2.05, 4.69) is 26.0 Å². The fraction of sp³-hybridized carbons (Fsp3) is 0.0500. The molecule has 0 aliphatic carbocycles. The number of thiazole rings is 1. The summed E-state index contributed by atoms with van der Waals surface area (Å²) in [5.41, 5.74) is 1.33. The second-order valence-corrected chi connectivity index (χ2v) is 8.36. The minimum Gasteiger partial charge on any atom is -0.311 e. The molecule has 4 aromatic rings. The summed E-state index contributed by atoms with van der Waals surface area (Å²) in [6.07, 6.45) is 0. The number of amides is 1. The highest BCUT2D eigenvalue weighted by atomic mass is 79.9. The molecule has 0 spiro atoms. The van der Waals surface area contributed by atoms with Crippen LogP contribution in [0, 0.1) is 0 Å². The predicted molar refractivity (Wildman–Crippen MR) is 114 cm³/mol. The van der Waals surface area contributed by atoms with Gasteiger partial charge in [-0.2, -0.15) is 14.6 Å². The third-order valence-electron chi connectivity index (χ3n) is 4.74. The van der Waals surface area contributed by atoms with Gasteiger partial charge in [0.05, 0.1) is 11.3 Å². The van der Waals surface area contributed by atoms with Crippen molar-refractivity contribution >= 4 is 49.4 Å². The number of anilines is 1. The molecule has 0 fully saturated rings. The number of benzene rings is 2. The zero-order chi connectivity index (χ0) is 20.3. The summed E-state index contributed by atoms with van der Waals surface area (Å²) in [6.45, 7) is 0. The van der Waals surface area contributed by atoms with E-state index in [-0.39, 0.29) is 21.1 Å². The minimum absolute atomic E-state index is 0.0903. The Morgan fingerprint density at radius 3 is 2.55 bits per heavy atom. The summed E-state index contributed by atoms with van der Waals surface area (Å²) in [5.74, 6) is -0.284. The number of fused-ring (bicyclic) bond motifs is 2. The lowest BCUT2D eigenvalue weighted by Gasteiger charge is -2.08. The third kappa shape index (κ3) is 2.65. The van der Waals surface area contributed by atoms with Gasteiger partial charge in [0, 0.05) is 22.6 Å². The van der Waals surface area contributed by atoms with Crippen LogP contribution in [0.15, 0.2) is 62.6 Å². The number of hydrogen-bond acceptors (Lipinski definition) is 6. The number of rotatable bonds is 1. The standard InChI is InChI=1S/C20H11BrN4O3S/c1-24-13-8-7-11(21)9-12(13)14(18(24)27)16-19(28)25-20(29-16)22-17(26)15(23-25)10-5-3-2-4-6-10/h2-9H,1H3/b16-14-. The maximum atomic E-state index is 13.1. The molecule has 2 aromatic carbocycles. The Labute approximate surface area is 175 Å². The molecule has 0 N–H and O–H groups in total. The summed E-state index contributed by atoms with van der Waals surface area (Å²) in [4.78, 5) is 44.2. The Morgan fingerprint density at radius 1 is 1.03 bits per heavy atom. The van der Waals surface area contributed by atoms with Crippen molar-refractivity contribution in [2.45, 2.75) is 0 Å². The number of carbonyl (C=O) groups excluding carboxylic acids is 1. The van der Waals surface area contributed by atoms with Gasteiger partial charge in [0.25, 0.3) is 11.5 Å². The molecule has 9 heteroatoms. The van der Waals surface area contributed by atoms with Gasteiger partial charge in [-0.1, -0.05) is 57.6 Å². The lowest BCUT2D eigenvalue weighted by molar-refractivity contribution is -0.112. The summed E-state index contributed by atoms with van der Waals surface area (Å²) < 4.78 is 2.10. The molecular weight excluding hydrogens is 456 g/mol. The molecule has 0 atom stereocenters. The maximum Gasteiger partial charge on any atom is 0.300 e. The van der Waals surface area contributed by atoms with Gasteiger partial charge >= 0.3 is 5.56 Å². The molecule has 142 valence electrons. The van der Waals surface area contributed by atoms with Gasteiger partial charge in [0.2, 0.25) is 4.96 Å². The van der Waals surface area contributed by atoms with Crippen LogP contribution in [-0.4, -0.2) is 27.6 Å². The Morgan fingerprint density at radius 2 is 1.79 bits per heavy atom. The number of hydrogen-bond donors (Lipinski definition) is 0. The molecule has 3 heterocycles. The molecule has 0 saturated carbocycles. The van der Waals surface area contributed by atoms with Gasteiger partial charge in [-0.25, -0.2) is 0 Å². The topological polar surface area (TPSA) is 84.6 Å². The Balaban J connectivity index is 1.86. The van der Waals surface area contributed by atoms with Crippen LogP contribution in [0.5, 0.6) is 0 Å². The van der Waals surface area contributed by atoms with Crippen molar-refractivity contribution in [3.63, 3.8) is 0 Å². The van der Waals surface area contributed by atoms with Crippen molar-refractivity contribution in [2.24, 2.45) is 0 Å². The van der Waals surface area contributed by atoms with Crippen LogP contribution < -0.4 is 20.6 Å². The van der Waals surface area contributed by atoms with E-state index in [0.717, 1.165) is 20.3 Å². The molecule has 2 aromatic heterocycles. The van der Waals surface area contributed by atoms with Gasteiger partial charge in [-0.05, 0) is 18.2 Å². The third-order valence-corrected chi connectivity index (χ3v) is 6.27. The number of aromatic nitrogens is 3. The Hall–Kier alpha value is -3.17. The van der Waals surface area contributed by atoms with Crippen molar-refractivity contribution in [2.75, 3.05) is 11.9 Å². The lowest BCUT2D eigenvalue weighted by Crippen LogP contribution is -2.31. The highest BCUT2D eigenvalue weighted by Gasteiger charge is 2.32. The zero-order valence-corrected chi connectivity index (χ0v) is 17.3. The number of likely N-dealkylation sites (N-methyl/N-ethyl adjacent to an activating group) is 1. The number of carbonyl (C=O) groups is 1. The highest BCUT2D eigenvalue weighted by Crippen LogP contribution is 2.36. The van der Waals surface area contributed by atoms with E-state index < -0.39 is 11.1 Å². The van der Waals surface area contributed by atoms with Crippen LogP contribution in [0.3, 0.4) is 0 Å². The molecule has 7 nitrogen and oxygen atoms in total. The van der Waals surface area contributed by atoms with Gasteiger partial charge in [-0.15, -0.1) is 0 Å². The summed E-state index contributed by atoms with van der Waals surface area (Å²) in [7, 11) is 1.66. The lowest BCUT2D eigenvalue weighted by atomic mass is 10.1. The second kappa shape index (κ2) is 6.43. The van der Waals surface area contributed by atoms with Crippen LogP contribution in [0.25, 0.3) is 21.8 Å². The largest absolute Gasteiger partial charge is 0.311 e. The van der Waals surface area contributed by atoms with Crippen molar-refractivity contribution in [1.29, 1.82) is 0 Å². The summed E-state index contributed by atoms with van der Waals surface area (Å²) in [5, 5.41) is 4.25. The highest BCUT2D eigenvalue weighted by molar-refractivity contribution is 9.10. The van der Waals surface area contributed by atoms with Crippen LogP contribution in [0.2, 0.25) is 0 Å². The fourth-order valence-corrected chi connectivity index (χ4v) is 4.71. The summed E-state index contributed by atoms with van der Waals surface area (Å²) >= 11 is 4.41. The van der Waals surface area contributed by atoms with Gasteiger partial charge in [0.15, 0.2) is 5.69 Å². The van der Waals surface area contributed by atoms with E-state index >= 15 is 0 Å². The van der Waals surface area contributed by atoms with E-state index in [1.807, 2.05) is 18.2 Å². The number of nitrogens with zero attached hydrogens (tertiary/aromatic N) is 4. The van der Waals surface area contributed by atoms with E-state index in [4.69, 9.17) is 0 Å². The molecule has 0 bridgehead atoms. The van der Waals surface area contributed by atoms with Gasteiger partial charge < -0.3 is 4.90 Å². The first-order chi connectivity index (χ1) is 14.0. The van der Waals surface area contributed by atoms with Crippen molar-refractivity contribution < 1.29 is 4.79 Å². The first kappa shape index (κ1) is 17.9. The van der Waals surface area contributed by atoms with E-state index in [9.17, 15) is 14.4 Å². The zero-order valence-electron chi connectivity index (χ0n) is 14.9.